The van der Waals surface area contributed by atoms with Gasteiger partial charge in [-0.2, -0.15) is 0 Å². The van der Waals surface area contributed by atoms with Crippen LogP contribution < -0.4 is 31.2 Å². The van der Waals surface area contributed by atoms with E-state index in [0.29, 0.717) is 33.8 Å². The zero-order chi connectivity index (χ0) is 42.9. The Morgan fingerprint density at radius 3 is 2.49 bits per heavy atom. The minimum atomic E-state index is -4.30. The van der Waals surface area contributed by atoms with Gasteiger partial charge in [-0.1, -0.05) is 26.8 Å². The zero-order valence-corrected chi connectivity index (χ0v) is 36.2. The molecule has 4 amide bonds. The molecule has 18 heteroatoms. The number of thiazole rings is 1. The van der Waals surface area contributed by atoms with Crippen molar-refractivity contribution in [3.63, 3.8) is 0 Å². The summed E-state index contributed by atoms with van der Waals surface area (Å²) in [5, 5.41) is 10.6. The topological polar surface area (TPSA) is 224 Å². The van der Waals surface area contributed by atoms with Crippen molar-refractivity contribution >= 4 is 58.6 Å². The smallest absolute Gasteiger partial charge is 0.408 e. The Labute approximate surface area is 348 Å². The van der Waals surface area contributed by atoms with Gasteiger partial charge in [0.25, 0.3) is 0 Å². The van der Waals surface area contributed by atoms with E-state index in [1.807, 2.05) is 46.1 Å². The van der Waals surface area contributed by atoms with Gasteiger partial charge < -0.3 is 45.7 Å². The summed E-state index contributed by atoms with van der Waals surface area (Å²) in [6.07, 6.45) is 2.61. The molecule has 3 aliphatic rings. The lowest BCUT2D eigenvalue weighted by atomic mass is 9.85. The molecule has 6 atom stereocenters. The summed E-state index contributed by atoms with van der Waals surface area (Å²) in [6.45, 7) is 13.3. The number of methoxy groups -OCH3 is 1. The first-order valence-electron chi connectivity index (χ1n) is 20.0. The predicted octanol–water partition coefficient (Wildman–Crippen LogP) is 5.78. The average Bonchev–Trinajstić information content (AvgIpc) is 3.52. The molecule has 2 aromatic heterocycles. The van der Waals surface area contributed by atoms with Gasteiger partial charge in [-0.15, -0.1) is 17.9 Å². The zero-order valence-electron chi connectivity index (χ0n) is 34.5. The van der Waals surface area contributed by atoms with Gasteiger partial charge in [-0.25, -0.2) is 14.8 Å². The fourth-order valence-corrected chi connectivity index (χ4v) is 11.0. The molecule has 2 saturated carbocycles. The molecule has 16 nitrogen and oxygen atoms in total. The van der Waals surface area contributed by atoms with Gasteiger partial charge >= 0.3 is 6.09 Å². The number of ether oxygens (including phenoxy) is 3. The highest BCUT2D eigenvalue weighted by Crippen LogP contribution is 2.69. The van der Waals surface area contributed by atoms with Crippen LogP contribution in [0.5, 0.6) is 11.5 Å². The van der Waals surface area contributed by atoms with Gasteiger partial charge in [0.05, 0.1) is 24.9 Å². The lowest BCUT2D eigenvalue weighted by Gasteiger charge is -2.35. The maximum atomic E-state index is 14.7. The van der Waals surface area contributed by atoms with Gasteiger partial charge in [0.1, 0.15) is 46.9 Å². The monoisotopic (exact) mass is 853 g/mol. The molecule has 0 radical (unpaired) electrons. The first-order chi connectivity index (χ1) is 27.8. The Bertz CT molecular complexity index is 2130. The number of primary amides is 1. The van der Waals surface area contributed by atoms with Gasteiger partial charge in [-0.05, 0) is 63.5 Å². The summed E-state index contributed by atoms with van der Waals surface area (Å²) in [6, 6.07) is 5.63. The highest BCUT2D eigenvalue weighted by atomic mass is 32.1. The number of carbonyl (C=O) groups is 4. The number of likely N-dealkylation sites (tertiary alicyclic amines) is 1. The van der Waals surface area contributed by atoms with E-state index in [4.69, 9.17) is 29.9 Å². The summed E-state index contributed by atoms with van der Waals surface area (Å²) in [4.78, 5) is 75.8. The first kappa shape index (κ1) is 43.8. The maximum Gasteiger partial charge on any atom is 0.408 e. The molecule has 6 N–H and O–H groups in total. The van der Waals surface area contributed by atoms with E-state index in [0.717, 1.165) is 30.8 Å². The number of aromatic nitrogens is 2. The molecule has 3 aromatic rings. The van der Waals surface area contributed by atoms with Crippen LogP contribution in [0.25, 0.3) is 22.3 Å². The van der Waals surface area contributed by atoms with Crippen molar-refractivity contribution < 1.29 is 42.8 Å². The van der Waals surface area contributed by atoms with Gasteiger partial charge in [-0.3, -0.25) is 18.9 Å². The summed E-state index contributed by atoms with van der Waals surface area (Å²) in [5.41, 5.74) is 6.34. The van der Waals surface area contributed by atoms with Crippen LogP contribution >= 0.6 is 18.7 Å². The van der Waals surface area contributed by atoms with E-state index in [9.17, 15) is 28.6 Å². The van der Waals surface area contributed by atoms with Crippen LogP contribution in [0.2, 0.25) is 0 Å². The molecule has 59 heavy (non-hydrogen) atoms. The third-order valence-corrected chi connectivity index (χ3v) is 14.5. The van der Waals surface area contributed by atoms with E-state index in [-0.39, 0.29) is 38.0 Å². The molecule has 0 spiro atoms. The number of carbonyl (C=O) groups excluding carboxylic acids is 4. The number of rotatable bonds is 16. The molecular weight excluding hydrogens is 798 g/mol. The van der Waals surface area contributed by atoms with Crippen LogP contribution in [-0.2, 0) is 23.7 Å². The minimum absolute atomic E-state index is 0.0533. The van der Waals surface area contributed by atoms with Crippen molar-refractivity contribution in [3.05, 3.63) is 42.3 Å². The third kappa shape index (κ3) is 10.0. The number of nitrogens with two attached hydrogens (primary N) is 1. The van der Waals surface area contributed by atoms with Crippen molar-refractivity contribution in [2.45, 2.75) is 115 Å². The first-order valence-corrected chi connectivity index (χ1v) is 22.7. The number of hydrogen-bond donors (Lipinski definition) is 5. The number of hydrogen-bond acceptors (Lipinski definition) is 12. The number of nitrogens with one attached hydrogen (secondary N) is 3. The molecular formula is C41H56N7O9PS. The number of fused-ring (bicyclic) bond motifs is 1. The molecule has 6 rings (SSSR count). The Kier molecular flexibility index (Phi) is 13.0. The third-order valence-electron chi connectivity index (χ3n) is 11.1. The van der Waals surface area contributed by atoms with E-state index < -0.39 is 72.1 Å². The summed E-state index contributed by atoms with van der Waals surface area (Å²) >= 11 is 1.45. The molecule has 1 aliphatic heterocycles. The van der Waals surface area contributed by atoms with Crippen molar-refractivity contribution in [3.8, 4) is 22.9 Å². The van der Waals surface area contributed by atoms with E-state index in [1.165, 1.54) is 17.4 Å². The lowest BCUT2D eigenvalue weighted by Crippen LogP contribution is -2.56. The summed E-state index contributed by atoms with van der Waals surface area (Å²) in [5.74, 6) is -1.48. The van der Waals surface area contributed by atoms with Gasteiger partial charge in [0, 0.05) is 53.7 Å². The van der Waals surface area contributed by atoms with Crippen LogP contribution in [0, 0.1) is 11.3 Å². The van der Waals surface area contributed by atoms with E-state index in [2.05, 4.69) is 22.5 Å². The number of pyridine rings is 1. The second-order valence-electron chi connectivity index (χ2n) is 17.1. The molecule has 1 aromatic carbocycles. The van der Waals surface area contributed by atoms with Crippen LogP contribution in [-0.4, -0.2) is 99.0 Å². The molecule has 0 bridgehead atoms. The quantitative estimate of drug-likeness (QED) is 0.0854. The predicted molar refractivity (Wildman–Crippen MR) is 225 cm³/mol. The van der Waals surface area contributed by atoms with Gasteiger partial charge in [0.15, 0.2) is 5.13 Å². The highest BCUT2D eigenvalue weighted by Gasteiger charge is 2.65. The minimum Gasteiger partial charge on any atom is -0.497 e. The molecule has 3 unspecified atom stereocenters. The molecule has 3 fully saturated rings. The molecule has 1 saturated heterocycles. The Balaban J connectivity index is 1.31. The van der Waals surface area contributed by atoms with Crippen molar-refractivity contribution in [2.75, 3.05) is 25.1 Å². The highest BCUT2D eigenvalue weighted by molar-refractivity contribution is 7.61. The van der Waals surface area contributed by atoms with Gasteiger partial charge in [0.2, 0.25) is 25.1 Å². The second kappa shape index (κ2) is 17.5. The SMILES string of the molecule is C=C[C@@H]1C[C@]1(NC(=O)CC1C[C@@H](Oc2cc(-c3csc(NC(C)C)n3)nc3cc(OC)ccc23)CN1C(=O)C(NC(=O)OC1CCCC1)C(C)(C)C)P(=O)(O)CC(N)=O. The Morgan fingerprint density at radius 2 is 1.86 bits per heavy atom. The van der Waals surface area contributed by atoms with Crippen molar-refractivity contribution in [1.82, 2.24) is 25.5 Å². The molecule has 3 heterocycles. The number of amides is 4. The standard InChI is InChI=1S/C41H56N7O9PS/c1-8-24-19-41(24,58(53,54)21-34(42)49)47-35(50)16-25-15-28(20-48(25)37(51)36(40(4,5)6)46-39(52)57-26-11-9-10-12-26)56-33-18-31(32-22-59-38(45-32)43-23(2)3)44-30-17-27(55-7)13-14-29(30)33/h8,13-14,17-18,22-26,28,36H,1,9-12,15-16,19-21H2,2-7H3,(H2,42,49)(H,43,45)(H,46,52)(H,47,50)(H,53,54)/t24-,25?,28-,36?,41+/m1/s1. The maximum absolute atomic E-state index is 14.7. The van der Waals surface area contributed by atoms with E-state index in [1.54, 1.807) is 30.2 Å². The Morgan fingerprint density at radius 1 is 1.14 bits per heavy atom. The fraction of sp³-hybridized carbons (Fsp3) is 0.561. The number of benzene rings is 1. The lowest BCUT2D eigenvalue weighted by molar-refractivity contribution is -0.138. The fourth-order valence-electron chi connectivity index (χ4n) is 8.01. The van der Waals surface area contributed by atoms with Crippen molar-refractivity contribution in [2.24, 2.45) is 17.1 Å². The van der Waals surface area contributed by atoms with E-state index >= 15 is 0 Å². The summed E-state index contributed by atoms with van der Waals surface area (Å²) < 4.78 is 31.4. The number of anilines is 1. The number of alkyl carbamates (subject to hydrolysis) is 1. The van der Waals surface area contributed by atoms with Crippen LogP contribution in [0.4, 0.5) is 9.93 Å². The second-order valence-corrected chi connectivity index (χ2v) is 20.5. The average molecular weight is 854 g/mol. The van der Waals surface area contributed by atoms with Crippen LogP contribution in [0.15, 0.2) is 42.3 Å². The van der Waals surface area contributed by atoms with Crippen molar-refractivity contribution in [1.29, 1.82) is 0 Å². The summed E-state index contributed by atoms with van der Waals surface area (Å²) in [7, 11) is -2.73. The number of nitrogens with zero attached hydrogens (tertiary/aromatic N) is 3. The molecule has 320 valence electrons. The molecule has 2 aliphatic carbocycles. The Hall–Kier alpha value is -4.73. The van der Waals surface area contributed by atoms with Crippen LogP contribution in [0.1, 0.15) is 79.6 Å². The normalized spacial score (nSPS) is 23.3. The largest absolute Gasteiger partial charge is 0.497 e. The van der Waals surface area contributed by atoms with Crippen LogP contribution in [0.3, 0.4) is 0 Å².